The standard InChI is InChI=1S/C21H18Cl2N4OS/c1-3-18(20(28)24-13-8-9-15(22)16(23)11-13)29-21-26-25-19-10-12(2)14-6-4-5-7-17(14)27(19)21/h4-11,18H,3H2,1-2H3,(H,24,28). The van der Waals surface area contributed by atoms with Gasteiger partial charge in [-0.05, 0) is 49.2 Å². The first-order valence-corrected chi connectivity index (χ1v) is 10.8. The molecule has 5 nitrogen and oxygen atoms in total. The summed E-state index contributed by atoms with van der Waals surface area (Å²) in [7, 11) is 0. The molecule has 0 aliphatic carbocycles. The number of fused-ring (bicyclic) bond motifs is 3. The number of thioether (sulfide) groups is 1. The largest absolute Gasteiger partial charge is 0.325 e. The van der Waals surface area contributed by atoms with Crippen LogP contribution in [0.3, 0.4) is 0 Å². The lowest BCUT2D eigenvalue weighted by Gasteiger charge is -2.15. The van der Waals surface area contributed by atoms with Crippen LogP contribution in [-0.2, 0) is 4.79 Å². The monoisotopic (exact) mass is 444 g/mol. The number of nitrogens with one attached hydrogen (secondary N) is 1. The Kier molecular flexibility index (Phi) is 5.67. The molecule has 0 spiro atoms. The van der Waals surface area contributed by atoms with Gasteiger partial charge >= 0.3 is 0 Å². The molecule has 29 heavy (non-hydrogen) atoms. The summed E-state index contributed by atoms with van der Waals surface area (Å²) < 4.78 is 2.00. The zero-order chi connectivity index (χ0) is 20.5. The summed E-state index contributed by atoms with van der Waals surface area (Å²) in [5, 5.41) is 13.9. The van der Waals surface area contributed by atoms with E-state index < -0.39 is 0 Å². The smallest absolute Gasteiger partial charge is 0.237 e. The zero-order valence-electron chi connectivity index (χ0n) is 15.8. The Morgan fingerprint density at radius 3 is 2.69 bits per heavy atom. The number of halogens is 2. The van der Waals surface area contributed by atoms with Crippen LogP contribution in [0.5, 0.6) is 0 Å². The van der Waals surface area contributed by atoms with Crippen molar-refractivity contribution in [3.8, 4) is 0 Å². The Hall–Kier alpha value is -2.28. The van der Waals surface area contributed by atoms with Crippen LogP contribution in [0.2, 0.25) is 10.0 Å². The van der Waals surface area contributed by atoms with Crippen molar-refractivity contribution in [1.29, 1.82) is 0 Å². The van der Waals surface area contributed by atoms with E-state index >= 15 is 0 Å². The summed E-state index contributed by atoms with van der Waals surface area (Å²) in [5.41, 5.74) is 3.54. The number of carbonyl (C=O) groups is 1. The number of anilines is 1. The fourth-order valence-corrected chi connectivity index (χ4v) is 4.47. The molecule has 1 N–H and O–H groups in total. The molecule has 1 amide bonds. The van der Waals surface area contributed by atoms with Crippen LogP contribution in [0.4, 0.5) is 5.69 Å². The van der Waals surface area contributed by atoms with Gasteiger partial charge in [0.2, 0.25) is 5.91 Å². The summed E-state index contributed by atoms with van der Waals surface area (Å²) in [6.07, 6.45) is 0.635. The van der Waals surface area contributed by atoms with Crippen LogP contribution in [0.15, 0.2) is 53.7 Å². The van der Waals surface area contributed by atoms with Crippen LogP contribution < -0.4 is 5.32 Å². The molecule has 2 heterocycles. The average molecular weight is 445 g/mol. The molecule has 148 valence electrons. The number of nitrogens with zero attached hydrogens (tertiary/aromatic N) is 3. The van der Waals surface area contributed by atoms with E-state index in [1.165, 1.54) is 11.8 Å². The molecule has 0 saturated heterocycles. The Morgan fingerprint density at radius 2 is 1.93 bits per heavy atom. The van der Waals surface area contributed by atoms with Crippen molar-refractivity contribution < 1.29 is 4.79 Å². The molecule has 4 rings (SSSR count). The maximum atomic E-state index is 12.9. The van der Waals surface area contributed by atoms with Crippen molar-refractivity contribution in [2.75, 3.05) is 5.32 Å². The molecular formula is C21H18Cl2N4OS. The molecular weight excluding hydrogens is 427 g/mol. The van der Waals surface area contributed by atoms with Gasteiger partial charge < -0.3 is 5.32 Å². The topological polar surface area (TPSA) is 59.3 Å². The highest BCUT2D eigenvalue weighted by Crippen LogP contribution is 2.30. The highest BCUT2D eigenvalue weighted by molar-refractivity contribution is 8.00. The molecule has 0 bridgehead atoms. The Morgan fingerprint density at radius 1 is 1.14 bits per heavy atom. The SMILES string of the molecule is CCC(Sc1nnc2cc(C)c3ccccc3n12)C(=O)Nc1ccc(Cl)c(Cl)c1. The van der Waals surface area contributed by atoms with E-state index in [4.69, 9.17) is 23.2 Å². The number of carbonyl (C=O) groups excluding carboxylic acids is 1. The maximum absolute atomic E-state index is 12.9. The van der Waals surface area contributed by atoms with Gasteiger partial charge in [0.05, 0.1) is 20.8 Å². The Bertz CT molecular complexity index is 1220. The molecule has 1 unspecified atom stereocenters. The highest BCUT2D eigenvalue weighted by Gasteiger charge is 2.22. The minimum Gasteiger partial charge on any atom is -0.325 e. The predicted octanol–water partition coefficient (Wildman–Crippen LogP) is 6.01. The van der Waals surface area contributed by atoms with Crippen molar-refractivity contribution in [2.45, 2.75) is 30.7 Å². The zero-order valence-corrected chi connectivity index (χ0v) is 18.1. The van der Waals surface area contributed by atoms with Crippen LogP contribution >= 0.6 is 35.0 Å². The number of rotatable bonds is 5. The molecule has 1 atom stereocenters. The summed E-state index contributed by atoms with van der Waals surface area (Å²) >= 11 is 13.4. The number of benzene rings is 2. The van der Waals surface area contributed by atoms with E-state index in [0.29, 0.717) is 27.3 Å². The van der Waals surface area contributed by atoms with Crippen molar-refractivity contribution >= 4 is 63.1 Å². The lowest BCUT2D eigenvalue weighted by molar-refractivity contribution is -0.115. The molecule has 0 radical (unpaired) electrons. The Balaban J connectivity index is 1.64. The van der Waals surface area contributed by atoms with E-state index in [9.17, 15) is 4.79 Å². The molecule has 0 aliphatic heterocycles. The fraction of sp³-hybridized carbons (Fsp3) is 0.190. The number of pyridine rings is 1. The van der Waals surface area contributed by atoms with E-state index in [0.717, 1.165) is 22.1 Å². The predicted molar refractivity (Wildman–Crippen MR) is 120 cm³/mol. The van der Waals surface area contributed by atoms with Crippen molar-refractivity contribution in [2.24, 2.45) is 0 Å². The van der Waals surface area contributed by atoms with Gasteiger partial charge in [0.1, 0.15) is 0 Å². The summed E-state index contributed by atoms with van der Waals surface area (Å²) in [5.74, 6) is -0.121. The molecule has 0 aliphatic rings. The van der Waals surface area contributed by atoms with Crippen LogP contribution in [-0.4, -0.2) is 25.8 Å². The number of aryl methyl sites for hydroxylation is 1. The second-order valence-corrected chi connectivity index (χ2v) is 8.64. The summed E-state index contributed by atoms with van der Waals surface area (Å²) in [6, 6.07) is 15.2. The average Bonchev–Trinajstić information content (AvgIpc) is 3.11. The molecule has 2 aromatic carbocycles. The second kappa shape index (κ2) is 8.22. The van der Waals surface area contributed by atoms with Crippen molar-refractivity contribution in [3.63, 3.8) is 0 Å². The van der Waals surface area contributed by atoms with E-state index in [2.05, 4.69) is 28.5 Å². The summed E-state index contributed by atoms with van der Waals surface area (Å²) in [6.45, 7) is 4.03. The van der Waals surface area contributed by atoms with Gasteiger partial charge in [-0.1, -0.05) is 60.1 Å². The maximum Gasteiger partial charge on any atom is 0.237 e. The minimum absolute atomic E-state index is 0.121. The van der Waals surface area contributed by atoms with Crippen molar-refractivity contribution in [1.82, 2.24) is 14.6 Å². The summed E-state index contributed by atoms with van der Waals surface area (Å²) in [4.78, 5) is 12.9. The molecule has 8 heteroatoms. The Labute approximate surface area is 182 Å². The molecule has 0 fully saturated rings. The van der Waals surface area contributed by atoms with Gasteiger partial charge in [-0.15, -0.1) is 10.2 Å². The van der Waals surface area contributed by atoms with Gasteiger partial charge in [0.15, 0.2) is 10.8 Å². The van der Waals surface area contributed by atoms with Crippen LogP contribution in [0, 0.1) is 6.92 Å². The van der Waals surface area contributed by atoms with E-state index in [1.54, 1.807) is 18.2 Å². The van der Waals surface area contributed by atoms with Gasteiger partial charge in [-0.2, -0.15) is 0 Å². The van der Waals surface area contributed by atoms with Gasteiger partial charge in [-0.25, -0.2) is 0 Å². The number of amides is 1. The molecule has 0 saturated carbocycles. The number of hydrogen-bond donors (Lipinski definition) is 1. The van der Waals surface area contributed by atoms with Gasteiger partial charge in [0, 0.05) is 11.1 Å². The number of hydrogen-bond acceptors (Lipinski definition) is 4. The fourth-order valence-electron chi connectivity index (χ4n) is 3.20. The molecule has 2 aromatic heterocycles. The number of para-hydroxylation sites is 1. The normalized spacial score (nSPS) is 12.4. The first-order valence-electron chi connectivity index (χ1n) is 9.14. The van der Waals surface area contributed by atoms with Gasteiger partial charge in [0.25, 0.3) is 0 Å². The molecule has 4 aromatic rings. The number of aromatic nitrogens is 3. The van der Waals surface area contributed by atoms with E-state index in [1.807, 2.05) is 35.6 Å². The third-order valence-corrected chi connectivity index (χ3v) is 6.72. The van der Waals surface area contributed by atoms with Crippen molar-refractivity contribution in [3.05, 3.63) is 64.1 Å². The second-order valence-electron chi connectivity index (χ2n) is 6.65. The van der Waals surface area contributed by atoms with Crippen LogP contribution in [0.1, 0.15) is 18.9 Å². The third-order valence-electron chi connectivity index (χ3n) is 4.67. The lowest BCUT2D eigenvalue weighted by Crippen LogP contribution is -2.24. The first kappa shape index (κ1) is 20.0. The third kappa shape index (κ3) is 3.92. The lowest BCUT2D eigenvalue weighted by atomic mass is 10.1. The minimum atomic E-state index is -0.336. The first-order chi connectivity index (χ1) is 14.0. The highest BCUT2D eigenvalue weighted by atomic mass is 35.5. The quantitative estimate of drug-likeness (QED) is 0.383. The van der Waals surface area contributed by atoms with Gasteiger partial charge in [-0.3, -0.25) is 9.20 Å². The van der Waals surface area contributed by atoms with E-state index in [-0.39, 0.29) is 11.2 Å². The van der Waals surface area contributed by atoms with Crippen LogP contribution in [0.25, 0.3) is 16.6 Å².